The molecule has 0 bridgehead atoms. The molecule has 0 unspecified atom stereocenters. The van der Waals surface area contributed by atoms with Crippen molar-refractivity contribution in [3.8, 4) is 0 Å². The maximum Gasteiger partial charge on any atom is 0.238 e. The summed E-state index contributed by atoms with van der Waals surface area (Å²) in [5, 5.41) is 3.05. The van der Waals surface area contributed by atoms with Gasteiger partial charge in [-0.2, -0.15) is 0 Å². The fraction of sp³-hybridized carbons (Fsp3) is 0.667. The molecule has 0 atom stereocenters. The average molecular weight is 415 g/mol. The number of anilines is 1. The molecule has 3 rings (SSSR count). The first-order valence-corrected chi connectivity index (χ1v) is 11.6. The van der Waals surface area contributed by atoms with Crippen LogP contribution in [0.15, 0.2) is 18.2 Å². The minimum atomic E-state index is 0.0303. The Labute approximate surface area is 181 Å². The van der Waals surface area contributed by atoms with Crippen molar-refractivity contribution >= 4 is 17.5 Å². The molecule has 0 spiro atoms. The number of amides is 2. The molecule has 1 aromatic rings. The van der Waals surface area contributed by atoms with Crippen LogP contribution in [-0.4, -0.2) is 78.4 Å². The van der Waals surface area contributed by atoms with Crippen LogP contribution in [0, 0.1) is 13.8 Å². The Morgan fingerprint density at radius 1 is 1.00 bits per heavy atom. The van der Waals surface area contributed by atoms with Crippen molar-refractivity contribution in [3.63, 3.8) is 0 Å². The lowest BCUT2D eigenvalue weighted by Gasteiger charge is -2.37. The number of rotatable bonds is 7. The van der Waals surface area contributed by atoms with Gasteiger partial charge < -0.3 is 10.2 Å². The van der Waals surface area contributed by atoms with Crippen LogP contribution in [0.2, 0.25) is 0 Å². The molecule has 1 heterocycles. The second kappa shape index (κ2) is 10.9. The van der Waals surface area contributed by atoms with Crippen molar-refractivity contribution in [2.24, 2.45) is 0 Å². The molecule has 1 aliphatic heterocycles. The molecule has 2 amide bonds. The Morgan fingerprint density at radius 2 is 1.63 bits per heavy atom. The van der Waals surface area contributed by atoms with Crippen molar-refractivity contribution < 1.29 is 9.59 Å². The number of benzene rings is 1. The summed E-state index contributed by atoms with van der Waals surface area (Å²) in [6.07, 6.45) is 6.11. The lowest BCUT2D eigenvalue weighted by atomic mass is 9.94. The summed E-state index contributed by atoms with van der Waals surface area (Å²) in [7, 11) is 0. The molecule has 1 saturated heterocycles. The quantitative estimate of drug-likeness (QED) is 0.745. The van der Waals surface area contributed by atoms with Crippen LogP contribution < -0.4 is 5.32 Å². The Hall–Kier alpha value is -1.92. The standard InChI is InChI=1S/C24H38N4O2/c1-4-28(21-10-6-5-7-11-21)24(30)18-27-15-13-26(14-16-27)17-23(29)25-22-12-8-9-19(2)20(22)3/h8-9,12,21H,4-7,10-11,13-18H2,1-3H3,(H,25,29). The summed E-state index contributed by atoms with van der Waals surface area (Å²) >= 11 is 0. The zero-order valence-corrected chi connectivity index (χ0v) is 19.0. The van der Waals surface area contributed by atoms with Gasteiger partial charge in [0, 0.05) is 44.5 Å². The highest BCUT2D eigenvalue weighted by molar-refractivity contribution is 5.93. The summed E-state index contributed by atoms with van der Waals surface area (Å²) in [6.45, 7) is 11.2. The van der Waals surface area contributed by atoms with Crippen LogP contribution in [-0.2, 0) is 9.59 Å². The minimum absolute atomic E-state index is 0.0303. The zero-order valence-electron chi connectivity index (χ0n) is 19.0. The van der Waals surface area contributed by atoms with Gasteiger partial charge in [-0.05, 0) is 50.8 Å². The monoisotopic (exact) mass is 414 g/mol. The van der Waals surface area contributed by atoms with Gasteiger partial charge in [0.25, 0.3) is 0 Å². The highest BCUT2D eigenvalue weighted by atomic mass is 16.2. The molecule has 0 radical (unpaired) electrons. The first-order chi connectivity index (χ1) is 14.5. The normalized spacial score (nSPS) is 18.9. The van der Waals surface area contributed by atoms with Gasteiger partial charge in [-0.1, -0.05) is 31.4 Å². The molecule has 1 saturated carbocycles. The second-order valence-electron chi connectivity index (χ2n) is 8.82. The van der Waals surface area contributed by atoms with Crippen molar-refractivity contribution in [1.82, 2.24) is 14.7 Å². The fourth-order valence-corrected chi connectivity index (χ4v) is 4.70. The Morgan fingerprint density at radius 3 is 2.27 bits per heavy atom. The van der Waals surface area contributed by atoms with E-state index in [1.54, 1.807) is 0 Å². The van der Waals surface area contributed by atoms with Crippen LogP contribution in [0.5, 0.6) is 0 Å². The van der Waals surface area contributed by atoms with E-state index in [2.05, 4.69) is 39.9 Å². The number of carbonyl (C=O) groups excluding carboxylic acids is 2. The van der Waals surface area contributed by atoms with Gasteiger partial charge in [0.05, 0.1) is 13.1 Å². The topological polar surface area (TPSA) is 55.9 Å². The van der Waals surface area contributed by atoms with E-state index in [1.807, 2.05) is 19.1 Å². The van der Waals surface area contributed by atoms with Gasteiger partial charge in [-0.25, -0.2) is 0 Å². The Balaban J connectivity index is 1.42. The van der Waals surface area contributed by atoms with E-state index in [0.717, 1.165) is 56.8 Å². The van der Waals surface area contributed by atoms with Crippen LogP contribution in [0.4, 0.5) is 5.69 Å². The van der Waals surface area contributed by atoms with E-state index in [-0.39, 0.29) is 11.8 Å². The molecule has 6 nitrogen and oxygen atoms in total. The molecule has 2 fully saturated rings. The van der Waals surface area contributed by atoms with E-state index in [0.29, 0.717) is 19.1 Å². The summed E-state index contributed by atoms with van der Waals surface area (Å²) < 4.78 is 0. The molecule has 6 heteroatoms. The van der Waals surface area contributed by atoms with E-state index < -0.39 is 0 Å². The molecule has 1 aromatic carbocycles. The number of piperazine rings is 1. The Kier molecular flexibility index (Phi) is 8.28. The van der Waals surface area contributed by atoms with Gasteiger partial charge in [-0.15, -0.1) is 0 Å². The minimum Gasteiger partial charge on any atom is -0.339 e. The number of nitrogens with zero attached hydrogens (tertiary/aromatic N) is 3. The maximum absolute atomic E-state index is 12.9. The highest BCUT2D eigenvalue weighted by Gasteiger charge is 2.27. The fourth-order valence-electron chi connectivity index (χ4n) is 4.70. The zero-order chi connectivity index (χ0) is 21.5. The largest absolute Gasteiger partial charge is 0.339 e. The number of hydrogen-bond donors (Lipinski definition) is 1. The van der Waals surface area contributed by atoms with Crippen molar-refractivity contribution in [3.05, 3.63) is 29.3 Å². The smallest absolute Gasteiger partial charge is 0.238 e. The Bertz CT molecular complexity index is 722. The average Bonchev–Trinajstić information content (AvgIpc) is 2.74. The third kappa shape index (κ3) is 6.05. The molecule has 1 aliphatic carbocycles. The SMILES string of the molecule is CCN(C(=O)CN1CCN(CC(=O)Nc2cccc(C)c2C)CC1)C1CCCCC1. The van der Waals surface area contributed by atoms with E-state index in [9.17, 15) is 9.59 Å². The molecule has 166 valence electrons. The second-order valence-corrected chi connectivity index (χ2v) is 8.82. The van der Waals surface area contributed by atoms with Crippen molar-refractivity contribution in [2.75, 3.05) is 51.1 Å². The number of nitrogens with one attached hydrogen (secondary N) is 1. The predicted molar refractivity (Wildman–Crippen MR) is 122 cm³/mol. The first kappa shape index (κ1) is 22.8. The molecular formula is C24H38N4O2. The van der Waals surface area contributed by atoms with Crippen LogP contribution in [0.3, 0.4) is 0 Å². The number of likely N-dealkylation sites (N-methyl/N-ethyl adjacent to an activating group) is 1. The van der Waals surface area contributed by atoms with E-state index in [1.165, 1.54) is 24.8 Å². The summed E-state index contributed by atoms with van der Waals surface area (Å²) in [4.78, 5) is 31.9. The van der Waals surface area contributed by atoms with Gasteiger partial charge in [-0.3, -0.25) is 19.4 Å². The van der Waals surface area contributed by atoms with Gasteiger partial charge >= 0.3 is 0 Å². The first-order valence-electron chi connectivity index (χ1n) is 11.6. The van der Waals surface area contributed by atoms with Gasteiger partial charge in [0.1, 0.15) is 0 Å². The van der Waals surface area contributed by atoms with Crippen LogP contribution in [0.25, 0.3) is 0 Å². The number of carbonyl (C=O) groups is 2. The molecule has 2 aliphatic rings. The molecule has 0 aromatic heterocycles. The van der Waals surface area contributed by atoms with Crippen molar-refractivity contribution in [1.29, 1.82) is 0 Å². The van der Waals surface area contributed by atoms with Gasteiger partial charge in [0.2, 0.25) is 11.8 Å². The molecule has 30 heavy (non-hydrogen) atoms. The number of hydrogen-bond acceptors (Lipinski definition) is 4. The van der Waals surface area contributed by atoms with Crippen LogP contribution >= 0.6 is 0 Å². The summed E-state index contributed by atoms with van der Waals surface area (Å²) in [5.41, 5.74) is 3.19. The third-order valence-electron chi connectivity index (χ3n) is 6.75. The third-order valence-corrected chi connectivity index (χ3v) is 6.75. The maximum atomic E-state index is 12.9. The van der Waals surface area contributed by atoms with Crippen LogP contribution in [0.1, 0.15) is 50.2 Å². The van der Waals surface area contributed by atoms with Gasteiger partial charge in [0.15, 0.2) is 0 Å². The summed E-state index contributed by atoms with van der Waals surface area (Å²) in [6, 6.07) is 6.42. The lowest BCUT2D eigenvalue weighted by molar-refractivity contribution is -0.135. The van der Waals surface area contributed by atoms with E-state index >= 15 is 0 Å². The lowest BCUT2D eigenvalue weighted by Crippen LogP contribution is -2.52. The molecule has 1 N–H and O–H groups in total. The predicted octanol–water partition coefficient (Wildman–Crippen LogP) is 3.04. The summed E-state index contributed by atoms with van der Waals surface area (Å²) in [5.74, 6) is 0.299. The highest BCUT2D eigenvalue weighted by Crippen LogP contribution is 2.23. The molecular weight excluding hydrogens is 376 g/mol. The van der Waals surface area contributed by atoms with Crippen molar-refractivity contribution in [2.45, 2.75) is 58.9 Å². The van der Waals surface area contributed by atoms with E-state index in [4.69, 9.17) is 0 Å². The number of aryl methyl sites for hydroxylation is 1.